The van der Waals surface area contributed by atoms with E-state index in [1.165, 1.54) is 0 Å². The molecular weight excluding hydrogens is 700 g/mol. The van der Waals surface area contributed by atoms with Crippen LogP contribution in [0.5, 0.6) is 0 Å². The van der Waals surface area contributed by atoms with Gasteiger partial charge in [0.05, 0.1) is 85.9 Å². The van der Waals surface area contributed by atoms with E-state index < -0.39 is 0 Å². The molecule has 1 aromatic rings. The smallest absolute Gasteiger partial charge is 0.306 e. The Bertz CT molecular complexity index is 960. The Morgan fingerprint density at radius 1 is 0.377 bits per heavy atom. The van der Waals surface area contributed by atoms with E-state index in [-0.39, 0.29) is 63.1 Å². The van der Waals surface area contributed by atoms with Crippen LogP contribution in [-0.2, 0) is 82.6 Å². The topological polar surface area (TPSA) is 179 Å². The summed E-state index contributed by atoms with van der Waals surface area (Å²) < 4.78 is 60.9. The van der Waals surface area contributed by atoms with Crippen molar-refractivity contribution in [2.75, 3.05) is 127 Å². The maximum absolute atomic E-state index is 11.6. The maximum atomic E-state index is 11.6. The highest BCUT2D eigenvalue weighted by Crippen LogP contribution is 2.06. The van der Waals surface area contributed by atoms with Crippen LogP contribution in [0.1, 0.15) is 50.5 Å². The predicted octanol–water partition coefficient (Wildman–Crippen LogP) is 3.10. The monoisotopic (exact) mass is 762 g/mol. The predicted molar refractivity (Wildman–Crippen MR) is 191 cm³/mol. The highest BCUT2D eigenvalue weighted by molar-refractivity contribution is 5.72. The summed E-state index contributed by atoms with van der Waals surface area (Å²) in [5.74, 6) is -1.26. The van der Waals surface area contributed by atoms with Gasteiger partial charge in [0.2, 0.25) is 0 Å². The summed E-state index contributed by atoms with van der Waals surface area (Å²) in [5.41, 5.74) is 0.960. The second kappa shape index (κ2) is 40.0. The Labute approximate surface area is 314 Å². The molecule has 0 heterocycles. The summed E-state index contributed by atoms with van der Waals surface area (Å²) >= 11 is 0. The van der Waals surface area contributed by atoms with Crippen molar-refractivity contribution in [1.82, 2.24) is 0 Å². The molecule has 0 N–H and O–H groups in total. The molecule has 0 aliphatic rings. The second-order valence-corrected chi connectivity index (χ2v) is 10.9. The maximum Gasteiger partial charge on any atom is 0.306 e. The molecule has 0 atom stereocenters. The second-order valence-electron chi connectivity index (χ2n) is 10.9. The third-order valence-electron chi connectivity index (χ3n) is 6.53. The van der Waals surface area contributed by atoms with Crippen LogP contribution in [-0.4, -0.2) is 151 Å². The number of esters is 4. The molecule has 0 bridgehead atoms. The molecule has 0 aliphatic heterocycles. The SMILES string of the molecule is COCCOCCOC(=O)CCCCC(=O)OCc1ccccc1.COCCOCCOCCOC(=O)CCCC(=O)OCCOCCOCCOC. The molecule has 1 aromatic carbocycles. The van der Waals surface area contributed by atoms with E-state index in [0.717, 1.165) is 5.56 Å². The zero-order chi connectivity index (χ0) is 38.9. The minimum absolute atomic E-state index is 0.157. The molecule has 0 fully saturated rings. The molecule has 0 amide bonds. The number of ether oxygens (including phenoxy) is 12. The van der Waals surface area contributed by atoms with Crippen LogP contribution in [0.2, 0.25) is 0 Å². The van der Waals surface area contributed by atoms with Crippen LogP contribution in [0.25, 0.3) is 0 Å². The van der Waals surface area contributed by atoms with Gasteiger partial charge in [-0.1, -0.05) is 30.3 Å². The lowest BCUT2D eigenvalue weighted by Crippen LogP contribution is -2.15. The van der Waals surface area contributed by atoms with E-state index in [9.17, 15) is 19.2 Å². The Morgan fingerprint density at radius 3 is 1.04 bits per heavy atom. The molecule has 0 aromatic heterocycles. The summed E-state index contributed by atoms with van der Waals surface area (Å²) in [5, 5.41) is 0. The molecule has 0 spiro atoms. The van der Waals surface area contributed by atoms with Crippen LogP contribution in [0.4, 0.5) is 0 Å². The van der Waals surface area contributed by atoms with Crippen molar-refractivity contribution in [3.63, 3.8) is 0 Å². The summed E-state index contributed by atoms with van der Waals surface area (Å²) in [7, 11) is 4.81. The third kappa shape index (κ3) is 38.3. The average molecular weight is 763 g/mol. The van der Waals surface area contributed by atoms with E-state index in [1.54, 1.807) is 21.3 Å². The molecular formula is C37H62O16. The quantitative estimate of drug-likeness (QED) is 0.0559. The number of hydrogen-bond acceptors (Lipinski definition) is 16. The number of carbonyl (C=O) groups is 4. The lowest BCUT2D eigenvalue weighted by molar-refractivity contribution is -0.147. The molecule has 0 aliphatic carbocycles. The summed E-state index contributed by atoms with van der Waals surface area (Å²) in [6, 6.07) is 9.52. The molecule has 0 saturated carbocycles. The Morgan fingerprint density at radius 2 is 0.679 bits per heavy atom. The zero-order valence-corrected chi connectivity index (χ0v) is 31.9. The number of rotatable bonds is 35. The van der Waals surface area contributed by atoms with E-state index in [4.69, 9.17) is 56.8 Å². The van der Waals surface area contributed by atoms with Crippen LogP contribution in [0, 0.1) is 0 Å². The van der Waals surface area contributed by atoms with Gasteiger partial charge in [-0.15, -0.1) is 0 Å². The number of hydrogen-bond donors (Lipinski definition) is 0. The first-order valence-corrected chi connectivity index (χ1v) is 17.9. The standard InChI is InChI=1S/C19H36O10.C18H26O6/c1-22-6-8-24-10-12-26-14-16-28-18(20)4-3-5-19(21)29-17-15-27-13-11-25-9-7-23-2;1-21-11-12-22-13-14-23-17(19)9-5-6-10-18(20)24-15-16-7-3-2-4-8-16/h3-17H2,1-2H3;2-4,7-8H,5-6,9-15H2,1H3. The van der Waals surface area contributed by atoms with Crippen LogP contribution < -0.4 is 0 Å². The first-order valence-electron chi connectivity index (χ1n) is 17.9. The Kier molecular flexibility index (Phi) is 37.5. The average Bonchev–Trinajstić information content (AvgIpc) is 3.16. The van der Waals surface area contributed by atoms with E-state index >= 15 is 0 Å². The Hall–Kier alpha value is -3.22. The summed E-state index contributed by atoms with van der Waals surface area (Å²) in [6.07, 6.45) is 2.50. The van der Waals surface area contributed by atoms with Gasteiger partial charge in [-0.3, -0.25) is 19.2 Å². The van der Waals surface area contributed by atoms with Crippen molar-refractivity contribution in [3.05, 3.63) is 35.9 Å². The fourth-order valence-electron chi connectivity index (χ4n) is 3.76. The van der Waals surface area contributed by atoms with Gasteiger partial charge in [0.15, 0.2) is 0 Å². The van der Waals surface area contributed by atoms with Gasteiger partial charge in [-0.2, -0.15) is 0 Å². The first-order chi connectivity index (χ1) is 25.9. The van der Waals surface area contributed by atoms with Crippen molar-refractivity contribution in [2.24, 2.45) is 0 Å². The fraction of sp³-hybridized carbons (Fsp3) is 0.730. The van der Waals surface area contributed by atoms with Gasteiger partial charge >= 0.3 is 23.9 Å². The van der Waals surface area contributed by atoms with Gasteiger partial charge in [0, 0.05) is 47.0 Å². The zero-order valence-electron chi connectivity index (χ0n) is 31.9. The molecule has 53 heavy (non-hydrogen) atoms. The molecule has 16 heteroatoms. The molecule has 306 valence electrons. The van der Waals surface area contributed by atoms with E-state index in [1.807, 2.05) is 30.3 Å². The van der Waals surface area contributed by atoms with E-state index in [0.29, 0.717) is 118 Å². The van der Waals surface area contributed by atoms with Crippen LogP contribution >= 0.6 is 0 Å². The van der Waals surface area contributed by atoms with Crippen molar-refractivity contribution < 1.29 is 76.0 Å². The van der Waals surface area contributed by atoms with Gasteiger partial charge in [0.1, 0.15) is 26.4 Å². The molecule has 1 rings (SSSR count). The normalized spacial score (nSPS) is 10.6. The summed E-state index contributed by atoms with van der Waals surface area (Å²) in [6.45, 7) is 6.77. The van der Waals surface area contributed by atoms with Gasteiger partial charge < -0.3 is 56.8 Å². The van der Waals surface area contributed by atoms with Crippen molar-refractivity contribution in [1.29, 1.82) is 0 Å². The highest BCUT2D eigenvalue weighted by Gasteiger charge is 2.08. The fourth-order valence-corrected chi connectivity index (χ4v) is 3.76. The van der Waals surface area contributed by atoms with Crippen molar-refractivity contribution >= 4 is 23.9 Å². The van der Waals surface area contributed by atoms with Crippen LogP contribution in [0.3, 0.4) is 0 Å². The molecule has 0 saturated heterocycles. The minimum Gasteiger partial charge on any atom is -0.463 e. The highest BCUT2D eigenvalue weighted by atomic mass is 16.6. The lowest BCUT2D eigenvalue weighted by Gasteiger charge is -2.08. The molecule has 0 radical (unpaired) electrons. The number of benzene rings is 1. The first kappa shape index (κ1) is 49.8. The molecule has 0 unspecified atom stereocenters. The van der Waals surface area contributed by atoms with Gasteiger partial charge in [-0.05, 0) is 24.8 Å². The molecule has 16 nitrogen and oxygen atoms in total. The minimum atomic E-state index is -0.366. The lowest BCUT2D eigenvalue weighted by atomic mass is 10.2. The number of methoxy groups -OCH3 is 3. The van der Waals surface area contributed by atoms with E-state index in [2.05, 4.69) is 0 Å². The van der Waals surface area contributed by atoms with Gasteiger partial charge in [0.25, 0.3) is 0 Å². The van der Waals surface area contributed by atoms with Crippen molar-refractivity contribution in [3.8, 4) is 0 Å². The summed E-state index contributed by atoms with van der Waals surface area (Å²) in [4.78, 5) is 46.2. The third-order valence-corrected chi connectivity index (χ3v) is 6.53. The number of unbranched alkanes of at least 4 members (excludes halogenated alkanes) is 1. The van der Waals surface area contributed by atoms with Crippen molar-refractivity contribution in [2.45, 2.75) is 51.6 Å². The Balaban J connectivity index is 0.00000104. The van der Waals surface area contributed by atoms with Crippen LogP contribution in [0.15, 0.2) is 30.3 Å². The largest absolute Gasteiger partial charge is 0.463 e. The number of carbonyl (C=O) groups excluding carboxylic acids is 4. The van der Waals surface area contributed by atoms with Gasteiger partial charge in [-0.25, -0.2) is 0 Å².